The first-order chi connectivity index (χ1) is 12.0. The zero-order chi connectivity index (χ0) is 19.9. The smallest absolute Gasteiger partial charge is 0.408 e. The summed E-state index contributed by atoms with van der Waals surface area (Å²) in [5.41, 5.74) is -0.632. The molecule has 0 saturated heterocycles. The van der Waals surface area contributed by atoms with E-state index in [0.29, 0.717) is 5.75 Å². The maximum Gasteiger partial charge on any atom is 0.408 e. The highest BCUT2D eigenvalue weighted by molar-refractivity contribution is 5.81. The molecule has 0 spiro atoms. The fourth-order valence-corrected chi connectivity index (χ4v) is 2.33. The third kappa shape index (κ3) is 7.76. The van der Waals surface area contributed by atoms with E-state index in [1.807, 2.05) is 44.2 Å². The Hall–Kier alpha value is -2.24. The molecule has 146 valence electrons. The molecule has 0 aromatic heterocycles. The highest BCUT2D eigenvalue weighted by Crippen LogP contribution is 2.19. The Morgan fingerprint density at radius 2 is 1.58 bits per heavy atom. The van der Waals surface area contributed by atoms with Gasteiger partial charge in [-0.2, -0.15) is 0 Å². The number of benzene rings is 1. The number of nitrogens with one attached hydrogen (secondary N) is 1. The lowest BCUT2D eigenvalue weighted by atomic mass is 10.0. The van der Waals surface area contributed by atoms with Crippen LogP contribution in [-0.2, 0) is 14.3 Å². The van der Waals surface area contributed by atoms with Crippen LogP contribution < -0.4 is 10.1 Å². The molecule has 0 radical (unpaired) electrons. The molecule has 1 rings (SSSR count). The molecule has 0 fully saturated rings. The Balaban J connectivity index is 2.63. The first kappa shape index (κ1) is 21.8. The summed E-state index contributed by atoms with van der Waals surface area (Å²) in [5, 5.41) is 2.48. The lowest BCUT2D eigenvalue weighted by Crippen LogP contribution is -2.45. The van der Waals surface area contributed by atoms with Crippen LogP contribution in [0.25, 0.3) is 0 Å². The first-order valence-electron chi connectivity index (χ1n) is 8.91. The molecule has 1 aromatic rings. The van der Waals surface area contributed by atoms with E-state index in [4.69, 9.17) is 14.2 Å². The summed E-state index contributed by atoms with van der Waals surface area (Å²) in [6, 6.07) is 8.57. The minimum atomic E-state index is -0.822. The highest BCUT2D eigenvalue weighted by Gasteiger charge is 2.29. The molecular weight excluding hydrogens is 334 g/mol. The zero-order valence-corrected chi connectivity index (χ0v) is 16.7. The number of ether oxygens (including phenoxy) is 3. The minimum Gasteiger partial charge on any atom is -0.486 e. The molecule has 0 bridgehead atoms. The zero-order valence-electron chi connectivity index (χ0n) is 16.7. The van der Waals surface area contributed by atoms with Crippen molar-refractivity contribution >= 4 is 12.1 Å². The predicted octanol–water partition coefficient (Wildman–Crippen LogP) is 3.93. The van der Waals surface area contributed by atoms with Crippen molar-refractivity contribution in [3.8, 4) is 5.75 Å². The Morgan fingerprint density at radius 3 is 2.08 bits per heavy atom. The van der Waals surface area contributed by atoms with Crippen LogP contribution in [0.3, 0.4) is 0 Å². The maximum absolute atomic E-state index is 12.3. The predicted molar refractivity (Wildman–Crippen MR) is 100 cm³/mol. The van der Waals surface area contributed by atoms with Gasteiger partial charge in [0.15, 0.2) is 0 Å². The summed E-state index contributed by atoms with van der Waals surface area (Å²) in [4.78, 5) is 24.1. The van der Waals surface area contributed by atoms with Crippen LogP contribution in [0.4, 0.5) is 4.79 Å². The Kier molecular flexibility index (Phi) is 7.93. The number of esters is 1. The van der Waals surface area contributed by atoms with Gasteiger partial charge in [-0.25, -0.2) is 9.59 Å². The number of para-hydroxylation sites is 1. The van der Waals surface area contributed by atoms with Crippen LogP contribution in [0.2, 0.25) is 0 Å². The van der Waals surface area contributed by atoms with Crippen LogP contribution in [0.5, 0.6) is 5.75 Å². The average molecular weight is 365 g/mol. The summed E-state index contributed by atoms with van der Waals surface area (Å²) in [5.74, 6) is 0.312. The lowest BCUT2D eigenvalue weighted by Gasteiger charge is -2.29. The van der Waals surface area contributed by atoms with E-state index in [-0.39, 0.29) is 12.0 Å². The fraction of sp³-hybridized carbons (Fsp3) is 0.600. The molecule has 1 amide bonds. The number of rotatable bonds is 7. The van der Waals surface area contributed by atoms with Gasteiger partial charge in [-0.15, -0.1) is 0 Å². The second-order valence-corrected chi connectivity index (χ2v) is 7.65. The van der Waals surface area contributed by atoms with Gasteiger partial charge in [-0.1, -0.05) is 32.0 Å². The third-order valence-electron chi connectivity index (χ3n) is 3.52. The van der Waals surface area contributed by atoms with Crippen LogP contribution >= 0.6 is 0 Å². The normalized spacial score (nSPS) is 14.9. The number of hydrogen-bond acceptors (Lipinski definition) is 5. The van der Waals surface area contributed by atoms with E-state index in [1.165, 1.54) is 0 Å². The Morgan fingerprint density at radius 1 is 1.00 bits per heavy atom. The molecule has 6 heteroatoms. The van der Waals surface area contributed by atoms with Gasteiger partial charge >= 0.3 is 12.1 Å². The van der Waals surface area contributed by atoms with Gasteiger partial charge in [0, 0.05) is 0 Å². The third-order valence-corrected chi connectivity index (χ3v) is 3.52. The largest absolute Gasteiger partial charge is 0.486 e. The van der Waals surface area contributed by atoms with Crippen molar-refractivity contribution in [2.24, 2.45) is 5.92 Å². The Bertz CT molecular complexity index is 580. The Labute approximate surface area is 156 Å². The van der Waals surface area contributed by atoms with Crippen molar-refractivity contribution in [3.63, 3.8) is 0 Å². The number of carbonyl (C=O) groups excluding carboxylic acids is 2. The molecule has 3 atom stereocenters. The van der Waals surface area contributed by atoms with Gasteiger partial charge in [0.2, 0.25) is 0 Å². The van der Waals surface area contributed by atoms with Gasteiger partial charge in [-0.3, -0.25) is 0 Å². The average Bonchev–Trinajstić information content (AvgIpc) is 2.51. The summed E-state index contributed by atoms with van der Waals surface area (Å²) in [6.07, 6.45) is -1.45. The van der Waals surface area contributed by atoms with Crippen molar-refractivity contribution in [1.29, 1.82) is 0 Å². The molecule has 1 aromatic carbocycles. The molecule has 0 unspecified atom stereocenters. The van der Waals surface area contributed by atoms with E-state index in [1.54, 1.807) is 34.6 Å². The second-order valence-electron chi connectivity index (χ2n) is 7.65. The molecule has 26 heavy (non-hydrogen) atoms. The topological polar surface area (TPSA) is 73.9 Å². The van der Waals surface area contributed by atoms with Gasteiger partial charge in [0.1, 0.15) is 29.6 Å². The first-order valence-corrected chi connectivity index (χ1v) is 8.91. The molecule has 0 heterocycles. The van der Waals surface area contributed by atoms with Crippen LogP contribution in [0.1, 0.15) is 48.5 Å². The maximum atomic E-state index is 12.3. The quantitative estimate of drug-likeness (QED) is 0.741. The van der Waals surface area contributed by atoms with E-state index < -0.39 is 29.8 Å². The van der Waals surface area contributed by atoms with Gasteiger partial charge in [0.05, 0.1) is 0 Å². The lowest BCUT2D eigenvalue weighted by molar-refractivity contribution is -0.156. The van der Waals surface area contributed by atoms with E-state index in [2.05, 4.69) is 5.32 Å². The molecule has 1 N–H and O–H groups in total. The van der Waals surface area contributed by atoms with Crippen LogP contribution in [-0.4, -0.2) is 35.9 Å². The second kappa shape index (κ2) is 9.46. The molecule has 0 saturated carbocycles. The standard InChI is InChI=1S/C20H31NO5/c1-13(2)17(25-16-11-9-8-10-12-16)15(4)24-18(22)14(3)21-19(23)26-20(5,6)7/h8-15,17H,1-7H3,(H,21,23)/t14-,15-,17-/m0/s1. The van der Waals surface area contributed by atoms with E-state index in [9.17, 15) is 9.59 Å². The molecule has 0 aliphatic heterocycles. The van der Waals surface area contributed by atoms with E-state index >= 15 is 0 Å². The highest BCUT2D eigenvalue weighted by atomic mass is 16.6. The van der Waals surface area contributed by atoms with Gasteiger partial charge < -0.3 is 19.5 Å². The number of amides is 1. The summed E-state index contributed by atoms with van der Waals surface area (Å²) in [6.45, 7) is 12.6. The number of carbonyl (C=O) groups is 2. The summed E-state index contributed by atoms with van der Waals surface area (Å²) in [7, 11) is 0. The molecule has 0 aliphatic rings. The summed E-state index contributed by atoms with van der Waals surface area (Å²) >= 11 is 0. The number of alkyl carbamates (subject to hydrolysis) is 1. The van der Waals surface area contributed by atoms with Crippen molar-refractivity contribution < 1.29 is 23.8 Å². The minimum absolute atomic E-state index is 0.132. The van der Waals surface area contributed by atoms with Crippen molar-refractivity contribution in [2.45, 2.75) is 72.3 Å². The van der Waals surface area contributed by atoms with E-state index in [0.717, 1.165) is 0 Å². The van der Waals surface area contributed by atoms with Crippen molar-refractivity contribution in [1.82, 2.24) is 5.32 Å². The van der Waals surface area contributed by atoms with Crippen molar-refractivity contribution in [3.05, 3.63) is 30.3 Å². The van der Waals surface area contributed by atoms with Crippen molar-refractivity contribution in [2.75, 3.05) is 0 Å². The molecular formula is C20H31NO5. The molecule has 0 aliphatic carbocycles. The fourth-order valence-electron chi connectivity index (χ4n) is 2.33. The SMILES string of the molecule is CC(C)[C@H](Oc1ccccc1)[C@H](C)OC(=O)[C@H](C)NC(=O)OC(C)(C)C. The van der Waals surface area contributed by atoms with Crippen LogP contribution in [0, 0.1) is 5.92 Å². The van der Waals surface area contributed by atoms with Gasteiger partial charge in [0.25, 0.3) is 0 Å². The molecule has 6 nitrogen and oxygen atoms in total. The van der Waals surface area contributed by atoms with Crippen LogP contribution in [0.15, 0.2) is 30.3 Å². The van der Waals surface area contributed by atoms with Gasteiger partial charge in [-0.05, 0) is 52.7 Å². The monoisotopic (exact) mass is 365 g/mol. The number of hydrogen-bond donors (Lipinski definition) is 1. The summed E-state index contributed by atoms with van der Waals surface area (Å²) < 4.78 is 16.6.